The van der Waals surface area contributed by atoms with E-state index in [9.17, 15) is 4.79 Å². The summed E-state index contributed by atoms with van der Waals surface area (Å²) >= 11 is 5.97. The van der Waals surface area contributed by atoms with Gasteiger partial charge in [-0.3, -0.25) is 9.89 Å². The molecule has 0 unspecified atom stereocenters. The first kappa shape index (κ1) is 9.66. The van der Waals surface area contributed by atoms with Gasteiger partial charge < -0.3 is 5.32 Å². The van der Waals surface area contributed by atoms with Crippen LogP contribution in [0.1, 0.15) is 12.8 Å². The molecule has 0 radical (unpaired) electrons. The number of aromatic amines is 1. The molecule has 1 aliphatic carbocycles. The molecule has 2 aromatic rings. The van der Waals surface area contributed by atoms with Gasteiger partial charge in [-0.05, 0) is 25.0 Å². The van der Waals surface area contributed by atoms with Crippen molar-refractivity contribution in [3.05, 3.63) is 23.4 Å². The molecule has 0 spiro atoms. The zero-order valence-corrected chi connectivity index (χ0v) is 9.21. The predicted molar refractivity (Wildman–Crippen MR) is 62.5 cm³/mol. The topological polar surface area (TPSA) is 57.8 Å². The second-order valence-corrected chi connectivity index (χ2v) is 4.49. The van der Waals surface area contributed by atoms with Gasteiger partial charge in [-0.1, -0.05) is 11.6 Å². The number of benzene rings is 1. The molecule has 4 nitrogen and oxygen atoms in total. The van der Waals surface area contributed by atoms with Crippen LogP contribution in [0.4, 0.5) is 5.69 Å². The lowest BCUT2D eigenvalue weighted by Gasteiger charge is -2.05. The molecular formula is C11H10ClN3O. The van der Waals surface area contributed by atoms with Crippen molar-refractivity contribution < 1.29 is 4.79 Å². The summed E-state index contributed by atoms with van der Waals surface area (Å²) in [6, 6.07) is 3.55. The number of hydrogen-bond acceptors (Lipinski definition) is 2. The molecule has 2 N–H and O–H groups in total. The summed E-state index contributed by atoms with van der Waals surface area (Å²) in [5.74, 6) is 0.245. The first-order valence-corrected chi connectivity index (χ1v) is 5.55. The fourth-order valence-electron chi connectivity index (χ4n) is 1.70. The summed E-state index contributed by atoms with van der Waals surface area (Å²) in [4.78, 5) is 11.7. The number of nitrogens with zero attached hydrogens (tertiary/aromatic N) is 1. The van der Waals surface area contributed by atoms with Crippen LogP contribution in [0.5, 0.6) is 0 Å². The fourth-order valence-corrected chi connectivity index (χ4v) is 1.93. The van der Waals surface area contributed by atoms with E-state index in [1.165, 1.54) is 0 Å². The van der Waals surface area contributed by atoms with Gasteiger partial charge in [-0.15, -0.1) is 0 Å². The predicted octanol–water partition coefficient (Wildman–Crippen LogP) is 2.56. The summed E-state index contributed by atoms with van der Waals surface area (Å²) < 4.78 is 0. The Morgan fingerprint density at radius 1 is 1.50 bits per heavy atom. The van der Waals surface area contributed by atoms with Crippen LogP contribution in [0, 0.1) is 5.92 Å². The molecule has 1 fully saturated rings. The summed E-state index contributed by atoms with van der Waals surface area (Å²) in [7, 11) is 0. The molecule has 0 bridgehead atoms. The molecular weight excluding hydrogens is 226 g/mol. The molecule has 1 saturated carbocycles. The Hall–Kier alpha value is -1.55. The van der Waals surface area contributed by atoms with Crippen LogP contribution in [0.25, 0.3) is 10.9 Å². The van der Waals surface area contributed by atoms with E-state index in [-0.39, 0.29) is 11.8 Å². The first-order valence-electron chi connectivity index (χ1n) is 5.17. The Bertz CT molecular complexity index is 559. The van der Waals surface area contributed by atoms with E-state index in [0.717, 1.165) is 23.7 Å². The van der Waals surface area contributed by atoms with Gasteiger partial charge in [0.1, 0.15) is 0 Å². The van der Waals surface area contributed by atoms with E-state index in [1.807, 2.05) is 6.07 Å². The number of nitrogens with one attached hydrogen (secondary N) is 2. The lowest BCUT2D eigenvalue weighted by atomic mass is 10.2. The van der Waals surface area contributed by atoms with E-state index in [0.29, 0.717) is 10.7 Å². The maximum Gasteiger partial charge on any atom is 0.227 e. The van der Waals surface area contributed by atoms with E-state index < -0.39 is 0 Å². The molecule has 5 heteroatoms. The Morgan fingerprint density at radius 3 is 3.06 bits per heavy atom. The molecule has 1 aliphatic rings. The molecule has 0 aliphatic heterocycles. The highest BCUT2D eigenvalue weighted by atomic mass is 35.5. The van der Waals surface area contributed by atoms with Gasteiger partial charge in [0.15, 0.2) is 0 Å². The van der Waals surface area contributed by atoms with Crippen molar-refractivity contribution in [1.82, 2.24) is 10.2 Å². The molecule has 16 heavy (non-hydrogen) atoms. The van der Waals surface area contributed by atoms with Gasteiger partial charge in [0, 0.05) is 16.3 Å². The van der Waals surface area contributed by atoms with Gasteiger partial charge >= 0.3 is 0 Å². The average Bonchev–Trinajstić information content (AvgIpc) is 2.98. The van der Waals surface area contributed by atoms with Gasteiger partial charge in [0.2, 0.25) is 5.91 Å². The van der Waals surface area contributed by atoms with Crippen LogP contribution in [0.3, 0.4) is 0 Å². The van der Waals surface area contributed by atoms with Gasteiger partial charge in [-0.25, -0.2) is 0 Å². The Balaban J connectivity index is 2.00. The highest BCUT2D eigenvalue weighted by Crippen LogP contribution is 2.32. The van der Waals surface area contributed by atoms with Crippen LogP contribution in [-0.2, 0) is 4.79 Å². The van der Waals surface area contributed by atoms with Crippen LogP contribution in [0.2, 0.25) is 5.02 Å². The third kappa shape index (κ3) is 1.65. The minimum Gasteiger partial charge on any atom is -0.324 e. The number of carbonyl (C=O) groups excluding carboxylic acids is 1. The number of H-pyrrole nitrogens is 1. The fraction of sp³-hybridized carbons (Fsp3) is 0.273. The molecule has 3 rings (SSSR count). The van der Waals surface area contributed by atoms with Crippen LogP contribution in [0.15, 0.2) is 18.3 Å². The van der Waals surface area contributed by atoms with Gasteiger partial charge in [0.05, 0.1) is 17.4 Å². The van der Waals surface area contributed by atoms with Gasteiger partial charge in [-0.2, -0.15) is 5.10 Å². The van der Waals surface area contributed by atoms with Crippen molar-refractivity contribution in [2.75, 3.05) is 5.32 Å². The number of anilines is 1. The van der Waals surface area contributed by atoms with Crippen LogP contribution in [-0.4, -0.2) is 16.1 Å². The number of halogens is 1. The normalized spacial score (nSPS) is 15.3. The third-order valence-corrected chi connectivity index (χ3v) is 2.94. The number of carbonyl (C=O) groups is 1. The summed E-state index contributed by atoms with van der Waals surface area (Å²) in [6.45, 7) is 0. The van der Waals surface area contributed by atoms with E-state index in [2.05, 4.69) is 15.5 Å². The molecule has 82 valence electrons. The van der Waals surface area contributed by atoms with Crippen molar-refractivity contribution in [3.8, 4) is 0 Å². The second-order valence-electron chi connectivity index (χ2n) is 4.05. The summed E-state index contributed by atoms with van der Waals surface area (Å²) in [5, 5.41) is 11.2. The lowest BCUT2D eigenvalue weighted by Crippen LogP contribution is -2.13. The van der Waals surface area contributed by atoms with Crippen molar-refractivity contribution >= 4 is 34.1 Å². The Kier molecular flexibility index (Phi) is 2.11. The molecule has 1 amide bonds. The minimum atomic E-state index is 0.0677. The number of amides is 1. The maximum atomic E-state index is 11.7. The largest absolute Gasteiger partial charge is 0.324 e. The standard InChI is InChI=1S/C11H10ClN3O/c12-8-3-7-5-13-15-10(7)9(4-8)14-11(16)6-1-2-6/h3-6H,1-2H2,(H,13,15)(H,14,16). The SMILES string of the molecule is O=C(Nc1cc(Cl)cc2cn[nH]c12)C1CC1. The van der Waals surface area contributed by atoms with Gasteiger partial charge in [0.25, 0.3) is 0 Å². The Labute approximate surface area is 97.0 Å². The zero-order valence-electron chi connectivity index (χ0n) is 8.46. The Morgan fingerprint density at radius 2 is 2.31 bits per heavy atom. The summed E-state index contributed by atoms with van der Waals surface area (Å²) in [5.41, 5.74) is 1.52. The average molecular weight is 236 g/mol. The van der Waals surface area contributed by atoms with Crippen LogP contribution < -0.4 is 5.32 Å². The quantitative estimate of drug-likeness (QED) is 0.841. The smallest absolute Gasteiger partial charge is 0.227 e. The van der Waals surface area contributed by atoms with Crippen molar-refractivity contribution in [2.24, 2.45) is 5.92 Å². The summed E-state index contributed by atoms with van der Waals surface area (Å²) in [6.07, 6.45) is 3.66. The van der Waals surface area contributed by atoms with Crippen molar-refractivity contribution in [1.29, 1.82) is 0 Å². The van der Waals surface area contributed by atoms with Crippen LogP contribution >= 0.6 is 11.6 Å². The van der Waals surface area contributed by atoms with Crippen molar-refractivity contribution in [2.45, 2.75) is 12.8 Å². The van der Waals surface area contributed by atoms with E-state index >= 15 is 0 Å². The van der Waals surface area contributed by atoms with E-state index in [1.54, 1.807) is 12.3 Å². The highest BCUT2D eigenvalue weighted by molar-refractivity contribution is 6.32. The minimum absolute atomic E-state index is 0.0677. The number of hydrogen-bond donors (Lipinski definition) is 2. The number of rotatable bonds is 2. The molecule has 0 atom stereocenters. The molecule has 1 heterocycles. The monoisotopic (exact) mass is 235 g/mol. The third-order valence-electron chi connectivity index (χ3n) is 2.72. The molecule has 1 aromatic carbocycles. The first-order chi connectivity index (χ1) is 7.74. The number of aromatic nitrogens is 2. The molecule has 0 saturated heterocycles. The maximum absolute atomic E-state index is 11.7. The molecule has 1 aromatic heterocycles. The lowest BCUT2D eigenvalue weighted by molar-refractivity contribution is -0.117. The second kappa shape index (κ2) is 3.49. The van der Waals surface area contributed by atoms with E-state index in [4.69, 9.17) is 11.6 Å². The number of fused-ring (bicyclic) bond motifs is 1. The van der Waals surface area contributed by atoms with Crippen molar-refractivity contribution in [3.63, 3.8) is 0 Å². The highest BCUT2D eigenvalue weighted by Gasteiger charge is 2.29. The zero-order chi connectivity index (χ0) is 11.1.